The van der Waals surface area contributed by atoms with Crippen LogP contribution < -0.4 is 0 Å². The molecule has 0 aliphatic heterocycles. The van der Waals surface area contributed by atoms with E-state index < -0.39 is 5.97 Å². The molecule has 0 bridgehead atoms. The molecule has 4 heteroatoms. The highest BCUT2D eigenvalue weighted by Gasteiger charge is 2.20. The van der Waals surface area contributed by atoms with Crippen molar-refractivity contribution in [2.24, 2.45) is 5.92 Å². The molecule has 1 N–H and O–H groups in total. The highest BCUT2D eigenvalue weighted by Crippen LogP contribution is 2.33. The first-order valence-corrected chi connectivity index (χ1v) is 11.7. The second kappa shape index (κ2) is 10.6. The van der Waals surface area contributed by atoms with Crippen LogP contribution >= 0.6 is 0 Å². The standard InChI is InChI=1S/C28H32O4/c1-20-18-22(9-15-25(20)23-11-13-24(14-12-23)28(29)30)19-32-27(26-8-5-17-31-26)16-10-21-6-3-2-4-7-21/h5,8-9,11-15,17-18,21,27H,2-4,6-7,10,16,19H2,1H3,(H,29,30). The molecule has 1 fully saturated rings. The van der Waals surface area contributed by atoms with E-state index in [0.717, 1.165) is 40.4 Å². The van der Waals surface area contributed by atoms with Crippen molar-refractivity contribution in [3.63, 3.8) is 0 Å². The van der Waals surface area contributed by atoms with Gasteiger partial charge in [0.05, 0.1) is 18.4 Å². The van der Waals surface area contributed by atoms with E-state index in [1.807, 2.05) is 24.3 Å². The van der Waals surface area contributed by atoms with Gasteiger partial charge in [0.15, 0.2) is 0 Å². The van der Waals surface area contributed by atoms with Gasteiger partial charge in [-0.15, -0.1) is 0 Å². The highest BCUT2D eigenvalue weighted by molar-refractivity contribution is 5.88. The summed E-state index contributed by atoms with van der Waals surface area (Å²) in [5.41, 5.74) is 4.69. The first-order valence-electron chi connectivity index (χ1n) is 11.7. The van der Waals surface area contributed by atoms with Gasteiger partial charge in [0.2, 0.25) is 0 Å². The van der Waals surface area contributed by atoms with Gasteiger partial charge in [0, 0.05) is 0 Å². The van der Waals surface area contributed by atoms with E-state index in [4.69, 9.17) is 14.3 Å². The van der Waals surface area contributed by atoms with Crippen LogP contribution in [0.25, 0.3) is 11.1 Å². The molecule has 1 saturated carbocycles. The maximum absolute atomic E-state index is 11.1. The Morgan fingerprint density at radius 2 is 1.88 bits per heavy atom. The molecule has 1 aliphatic carbocycles. The molecule has 4 nitrogen and oxygen atoms in total. The van der Waals surface area contributed by atoms with Gasteiger partial charge >= 0.3 is 5.97 Å². The van der Waals surface area contributed by atoms with Gasteiger partial charge in [0.25, 0.3) is 0 Å². The largest absolute Gasteiger partial charge is 0.478 e. The van der Waals surface area contributed by atoms with Crippen LogP contribution in [0.5, 0.6) is 0 Å². The van der Waals surface area contributed by atoms with Crippen molar-refractivity contribution in [1.29, 1.82) is 0 Å². The number of carbonyl (C=O) groups is 1. The molecule has 168 valence electrons. The average molecular weight is 433 g/mol. The lowest BCUT2D eigenvalue weighted by Crippen LogP contribution is -2.10. The summed E-state index contributed by atoms with van der Waals surface area (Å²) >= 11 is 0. The van der Waals surface area contributed by atoms with Crippen molar-refractivity contribution in [1.82, 2.24) is 0 Å². The number of aromatic carboxylic acids is 1. The van der Waals surface area contributed by atoms with E-state index in [9.17, 15) is 4.79 Å². The topological polar surface area (TPSA) is 59.7 Å². The van der Waals surface area contributed by atoms with Gasteiger partial charge < -0.3 is 14.3 Å². The number of carboxylic acids is 1. The van der Waals surface area contributed by atoms with Crippen molar-refractivity contribution in [2.45, 2.75) is 64.6 Å². The summed E-state index contributed by atoms with van der Waals surface area (Å²) in [5.74, 6) is 0.821. The smallest absolute Gasteiger partial charge is 0.335 e. The molecule has 0 amide bonds. The third kappa shape index (κ3) is 5.68. The van der Waals surface area contributed by atoms with Crippen LogP contribution in [-0.4, -0.2) is 11.1 Å². The minimum Gasteiger partial charge on any atom is -0.478 e. The zero-order chi connectivity index (χ0) is 22.3. The first kappa shape index (κ1) is 22.3. The monoisotopic (exact) mass is 432 g/mol. The molecule has 1 atom stereocenters. The van der Waals surface area contributed by atoms with Gasteiger partial charge in [-0.05, 0) is 72.2 Å². The molecule has 0 saturated heterocycles. The Morgan fingerprint density at radius 3 is 2.53 bits per heavy atom. The fraction of sp³-hybridized carbons (Fsp3) is 0.393. The van der Waals surface area contributed by atoms with Crippen LogP contribution in [0.15, 0.2) is 65.3 Å². The minimum absolute atomic E-state index is 0.0181. The molecule has 0 spiro atoms. The number of furan rings is 1. The van der Waals surface area contributed by atoms with E-state index in [0.29, 0.717) is 12.2 Å². The maximum Gasteiger partial charge on any atom is 0.335 e. The summed E-state index contributed by atoms with van der Waals surface area (Å²) in [6.45, 7) is 2.62. The lowest BCUT2D eigenvalue weighted by Gasteiger charge is -2.24. The second-order valence-corrected chi connectivity index (χ2v) is 8.93. The van der Waals surface area contributed by atoms with Gasteiger partial charge in [-0.1, -0.05) is 62.4 Å². The van der Waals surface area contributed by atoms with Crippen molar-refractivity contribution < 1.29 is 19.1 Å². The Balaban J connectivity index is 1.40. The van der Waals surface area contributed by atoms with Crippen molar-refractivity contribution in [3.05, 3.63) is 83.3 Å². The summed E-state index contributed by atoms with van der Waals surface area (Å²) in [4.78, 5) is 11.1. The number of aryl methyl sites for hydroxylation is 1. The van der Waals surface area contributed by atoms with E-state index in [1.165, 1.54) is 38.5 Å². The fourth-order valence-corrected chi connectivity index (χ4v) is 4.77. The lowest BCUT2D eigenvalue weighted by molar-refractivity contribution is 0.0147. The highest BCUT2D eigenvalue weighted by atomic mass is 16.5. The second-order valence-electron chi connectivity index (χ2n) is 8.93. The van der Waals surface area contributed by atoms with Gasteiger partial charge in [-0.25, -0.2) is 4.79 Å². The van der Waals surface area contributed by atoms with Crippen molar-refractivity contribution in [2.75, 3.05) is 0 Å². The first-order chi connectivity index (χ1) is 15.6. The van der Waals surface area contributed by atoms with Crippen molar-refractivity contribution in [3.8, 4) is 11.1 Å². The van der Waals surface area contributed by atoms with Gasteiger partial charge in [0.1, 0.15) is 11.9 Å². The van der Waals surface area contributed by atoms with E-state index in [1.54, 1.807) is 18.4 Å². The molecular weight excluding hydrogens is 400 g/mol. The quantitative estimate of drug-likeness (QED) is 0.379. The molecule has 1 heterocycles. The Kier molecular flexibility index (Phi) is 7.43. The number of hydrogen-bond acceptors (Lipinski definition) is 3. The van der Waals surface area contributed by atoms with E-state index >= 15 is 0 Å². The Morgan fingerprint density at radius 1 is 1.09 bits per heavy atom. The average Bonchev–Trinajstić information content (AvgIpc) is 3.35. The van der Waals surface area contributed by atoms with Crippen LogP contribution in [0, 0.1) is 12.8 Å². The van der Waals surface area contributed by atoms with Crippen LogP contribution in [0.4, 0.5) is 0 Å². The number of rotatable bonds is 9. The summed E-state index contributed by atoms with van der Waals surface area (Å²) < 4.78 is 12.0. The van der Waals surface area contributed by atoms with E-state index in [2.05, 4.69) is 25.1 Å². The third-order valence-electron chi connectivity index (χ3n) is 6.61. The number of benzene rings is 2. The van der Waals surface area contributed by atoms with Gasteiger partial charge in [-0.2, -0.15) is 0 Å². The zero-order valence-electron chi connectivity index (χ0n) is 18.8. The molecule has 1 unspecified atom stereocenters. The Bertz CT molecular complexity index is 998. The fourth-order valence-electron chi connectivity index (χ4n) is 4.77. The lowest BCUT2D eigenvalue weighted by atomic mass is 9.85. The molecule has 1 aliphatic rings. The third-order valence-corrected chi connectivity index (χ3v) is 6.61. The molecule has 2 aromatic carbocycles. The minimum atomic E-state index is -0.907. The maximum atomic E-state index is 11.1. The SMILES string of the molecule is Cc1cc(COC(CCC2CCCCC2)c2ccco2)ccc1-c1ccc(C(=O)O)cc1. The number of ether oxygens (including phenoxy) is 1. The molecular formula is C28H32O4. The van der Waals surface area contributed by atoms with Crippen LogP contribution in [-0.2, 0) is 11.3 Å². The van der Waals surface area contributed by atoms with Crippen LogP contribution in [0.2, 0.25) is 0 Å². The molecule has 1 aromatic heterocycles. The Hall–Kier alpha value is -2.85. The van der Waals surface area contributed by atoms with E-state index in [-0.39, 0.29) is 6.10 Å². The number of carboxylic acid groups (broad SMARTS) is 1. The van der Waals surface area contributed by atoms with Crippen molar-refractivity contribution >= 4 is 5.97 Å². The summed E-state index contributed by atoms with van der Waals surface area (Å²) in [5, 5.41) is 9.10. The summed E-state index contributed by atoms with van der Waals surface area (Å²) in [6, 6.07) is 17.3. The predicted molar refractivity (Wildman–Crippen MR) is 126 cm³/mol. The number of hydrogen-bond donors (Lipinski definition) is 1. The Labute approximate surface area is 190 Å². The van der Waals surface area contributed by atoms with Gasteiger partial charge in [-0.3, -0.25) is 0 Å². The van der Waals surface area contributed by atoms with Crippen LogP contribution in [0.1, 0.15) is 78.3 Å². The normalized spacial score (nSPS) is 15.5. The molecule has 0 radical (unpaired) electrons. The molecule has 3 aromatic rings. The predicted octanol–water partition coefficient (Wildman–Crippen LogP) is 7.57. The molecule has 32 heavy (non-hydrogen) atoms. The summed E-state index contributed by atoms with van der Waals surface area (Å²) in [7, 11) is 0. The molecule has 4 rings (SSSR count). The summed E-state index contributed by atoms with van der Waals surface area (Å²) in [6.07, 6.45) is 10.7. The zero-order valence-corrected chi connectivity index (χ0v) is 18.8. The van der Waals surface area contributed by atoms with Crippen LogP contribution in [0.3, 0.4) is 0 Å².